The summed E-state index contributed by atoms with van der Waals surface area (Å²) in [6.07, 6.45) is 11.5. The first kappa shape index (κ1) is 39.1. The molecule has 1 aromatic heterocycles. The fourth-order valence-corrected chi connectivity index (χ4v) is 12.1. The molecule has 4 fully saturated rings. The number of carbonyl (C=O) groups excluding carboxylic acids is 2. The van der Waals surface area contributed by atoms with Crippen LogP contribution in [0.4, 0.5) is 0 Å². The Bertz CT molecular complexity index is 1900. The van der Waals surface area contributed by atoms with Gasteiger partial charge in [0.2, 0.25) is 0 Å². The Balaban J connectivity index is 0.000000366. The van der Waals surface area contributed by atoms with E-state index in [0.29, 0.717) is 29.3 Å². The molecule has 8 rings (SSSR count). The van der Waals surface area contributed by atoms with Crippen LogP contribution >= 0.6 is 0 Å². The number of aliphatic hydroxyl groups excluding tert-OH is 1. The molecule has 0 bridgehead atoms. The standard InChI is InChI=1S/C41H52O3.C6H6O5/c1-26-32-18-22-41(5)33-17-21-39(3)20-16-30(24-34(39)31(33)25-36(43)38(41)40(32,4)23-19-35(26)42)27(2)44-37(28-12-8-6-9-13-28)29-14-10-7-11-15-29;1-4-5(2-9-3-7)11-6(8)10-4/h6-15,25-26,30,32-35,37-38,42H,2,16-24H2,1,3-5H3;3H,2H2,1H3. The molecule has 10 unspecified atom stereocenters. The number of benzene rings is 2. The minimum absolute atomic E-state index is 0.00191. The molecular formula is C47H58O8. The Morgan fingerprint density at radius 1 is 0.891 bits per heavy atom. The molecule has 55 heavy (non-hydrogen) atoms. The Morgan fingerprint density at radius 2 is 1.53 bits per heavy atom. The van der Waals surface area contributed by atoms with Crippen molar-refractivity contribution in [2.24, 2.45) is 51.8 Å². The molecule has 8 heteroatoms. The number of aryl methyl sites for hydroxylation is 1. The molecule has 8 nitrogen and oxygen atoms in total. The van der Waals surface area contributed by atoms with Gasteiger partial charge in [0.25, 0.3) is 6.47 Å². The molecular weight excluding hydrogens is 693 g/mol. The highest BCUT2D eigenvalue weighted by atomic mass is 16.6. The van der Waals surface area contributed by atoms with Gasteiger partial charge in [-0.25, -0.2) is 4.79 Å². The van der Waals surface area contributed by atoms with Gasteiger partial charge in [-0.1, -0.05) is 101 Å². The van der Waals surface area contributed by atoms with Crippen LogP contribution < -0.4 is 5.82 Å². The van der Waals surface area contributed by atoms with Gasteiger partial charge < -0.3 is 23.4 Å². The summed E-state index contributed by atoms with van der Waals surface area (Å²) >= 11 is 0. The lowest BCUT2D eigenvalue weighted by Crippen LogP contribution is -2.61. The number of ether oxygens (including phenoxy) is 2. The van der Waals surface area contributed by atoms with Crippen LogP contribution in [0.3, 0.4) is 0 Å². The van der Waals surface area contributed by atoms with Crippen molar-refractivity contribution in [2.45, 2.75) is 111 Å². The van der Waals surface area contributed by atoms with Crippen LogP contribution in [-0.2, 0) is 25.7 Å². The normalized spacial score (nSPS) is 35.1. The van der Waals surface area contributed by atoms with Crippen molar-refractivity contribution in [3.63, 3.8) is 0 Å². The molecule has 0 spiro atoms. The smallest absolute Gasteiger partial charge is 0.486 e. The maximum atomic E-state index is 14.4. The number of ketones is 1. The molecule has 2 aromatic carbocycles. The van der Waals surface area contributed by atoms with Crippen LogP contribution in [0.1, 0.15) is 114 Å². The molecule has 5 aliphatic carbocycles. The van der Waals surface area contributed by atoms with E-state index in [-0.39, 0.29) is 65.0 Å². The molecule has 10 atom stereocenters. The number of allylic oxidation sites excluding steroid dienone is 3. The molecule has 3 aromatic rings. The highest BCUT2D eigenvalue weighted by molar-refractivity contribution is 5.95. The SMILES string of the molecule is C=C(OC(c1ccccc1)c1ccccc1)C1CCC2(C)CCC3C(=CC(=O)C4C3(C)CCC3C(C)C(O)CCC34C)C2C1.Cc1oc(=O)oc1COC=O. The number of aliphatic hydroxyl groups is 1. The third-order valence-corrected chi connectivity index (χ3v) is 15.1. The van der Waals surface area contributed by atoms with Gasteiger partial charge in [-0.2, -0.15) is 0 Å². The zero-order valence-electron chi connectivity index (χ0n) is 33.1. The van der Waals surface area contributed by atoms with Crippen LogP contribution in [0.5, 0.6) is 0 Å². The lowest BCUT2D eigenvalue weighted by Gasteiger charge is -2.65. The van der Waals surface area contributed by atoms with E-state index < -0.39 is 5.82 Å². The van der Waals surface area contributed by atoms with Crippen molar-refractivity contribution in [3.05, 3.63) is 118 Å². The minimum Gasteiger partial charge on any atom is -0.486 e. The van der Waals surface area contributed by atoms with E-state index in [1.54, 1.807) is 6.92 Å². The zero-order valence-corrected chi connectivity index (χ0v) is 33.1. The van der Waals surface area contributed by atoms with Crippen LogP contribution in [0.15, 0.2) is 98.3 Å². The Kier molecular flexibility index (Phi) is 10.9. The quantitative estimate of drug-likeness (QED) is 0.179. The molecule has 0 amide bonds. The highest BCUT2D eigenvalue weighted by Gasteiger charge is 2.64. The molecule has 0 radical (unpaired) electrons. The zero-order chi connectivity index (χ0) is 39.1. The van der Waals surface area contributed by atoms with Crippen molar-refractivity contribution in [2.75, 3.05) is 0 Å². The van der Waals surface area contributed by atoms with Crippen molar-refractivity contribution in [1.82, 2.24) is 0 Å². The summed E-state index contributed by atoms with van der Waals surface area (Å²) in [5.41, 5.74) is 3.95. The van der Waals surface area contributed by atoms with Crippen LogP contribution in [-0.4, -0.2) is 23.5 Å². The third kappa shape index (κ3) is 7.20. The van der Waals surface area contributed by atoms with Gasteiger partial charge in [0.1, 0.15) is 6.10 Å². The average Bonchev–Trinajstić information content (AvgIpc) is 3.50. The molecule has 4 saturated carbocycles. The maximum Gasteiger partial charge on any atom is 0.519 e. The van der Waals surface area contributed by atoms with E-state index in [0.717, 1.165) is 61.8 Å². The molecule has 0 saturated heterocycles. The first-order valence-electron chi connectivity index (χ1n) is 20.3. The van der Waals surface area contributed by atoms with E-state index in [1.165, 1.54) is 18.4 Å². The van der Waals surface area contributed by atoms with Crippen molar-refractivity contribution >= 4 is 12.3 Å². The lowest BCUT2D eigenvalue weighted by molar-refractivity contribution is -0.169. The number of fused-ring (bicyclic) bond motifs is 7. The highest BCUT2D eigenvalue weighted by Crippen LogP contribution is 2.69. The van der Waals surface area contributed by atoms with Crippen LogP contribution in [0, 0.1) is 58.7 Å². The van der Waals surface area contributed by atoms with Gasteiger partial charge >= 0.3 is 5.82 Å². The fourth-order valence-electron chi connectivity index (χ4n) is 12.1. The topological polar surface area (TPSA) is 116 Å². The van der Waals surface area contributed by atoms with Gasteiger partial charge in [-0.15, -0.1) is 0 Å². The Hall–Kier alpha value is -4.17. The molecule has 5 aliphatic rings. The van der Waals surface area contributed by atoms with Crippen molar-refractivity contribution in [3.8, 4) is 0 Å². The van der Waals surface area contributed by atoms with Gasteiger partial charge in [0.15, 0.2) is 23.9 Å². The maximum absolute atomic E-state index is 14.4. The molecule has 1 N–H and O–H groups in total. The summed E-state index contributed by atoms with van der Waals surface area (Å²) in [4.78, 5) is 34.5. The van der Waals surface area contributed by atoms with E-state index in [9.17, 15) is 19.5 Å². The Labute approximate surface area is 325 Å². The molecule has 294 valence electrons. The number of rotatable bonds is 8. The second-order valence-electron chi connectivity index (χ2n) is 18.0. The first-order chi connectivity index (χ1) is 26.3. The summed E-state index contributed by atoms with van der Waals surface area (Å²) in [6.45, 7) is 15.9. The van der Waals surface area contributed by atoms with Gasteiger partial charge in [-0.3, -0.25) is 9.59 Å². The van der Waals surface area contributed by atoms with Gasteiger partial charge in [-0.05, 0) is 122 Å². The summed E-state index contributed by atoms with van der Waals surface area (Å²) in [7, 11) is 0. The lowest BCUT2D eigenvalue weighted by atomic mass is 9.38. The third-order valence-electron chi connectivity index (χ3n) is 15.1. The molecule has 1 heterocycles. The average molecular weight is 751 g/mol. The predicted octanol–water partition coefficient (Wildman–Crippen LogP) is 9.69. The number of hydrogen-bond donors (Lipinski definition) is 1. The van der Waals surface area contributed by atoms with Crippen LogP contribution in [0.2, 0.25) is 0 Å². The second-order valence-corrected chi connectivity index (χ2v) is 18.0. The van der Waals surface area contributed by atoms with Crippen LogP contribution in [0.25, 0.3) is 0 Å². The Morgan fingerprint density at radius 3 is 2.15 bits per heavy atom. The number of carbonyl (C=O) groups is 2. The summed E-state index contributed by atoms with van der Waals surface area (Å²) in [5.74, 6) is 2.96. The van der Waals surface area contributed by atoms with E-state index >= 15 is 0 Å². The molecule has 0 aliphatic heterocycles. The summed E-state index contributed by atoms with van der Waals surface area (Å²) < 4.78 is 20.2. The number of hydrogen-bond acceptors (Lipinski definition) is 8. The summed E-state index contributed by atoms with van der Waals surface area (Å²) in [6, 6.07) is 21.0. The van der Waals surface area contributed by atoms with E-state index in [1.807, 2.05) is 0 Å². The minimum atomic E-state index is -0.785. The second kappa shape index (κ2) is 15.4. The van der Waals surface area contributed by atoms with Crippen molar-refractivity contribution < 1.29 is 33.0 Å². The van der Waals surface area contributed by atoms with Gasteiger partial charge in [0, 0.05) is 11.8 Å². The van der Waals surface area contributed by atoms with Gasteiger partial charge in [0.05, 0.1) is 11.9 Å². The van der Waals surface area contributed by atoms with Crippen molar-refractivity contribution in [1.29, 1.82) is 0 Å². The van der Waals surface area contributed by atoms with E-state index in [2.05, 4.69) is 115 Å². The largest absolute Gasteiger partial charge is 0.519 e. The first-order valence-corrected chi connectivity index (χ1v) is 20.3. The van der Waals surface area contributed by atoms with E-state index in [4.69, 9.17) is 4.74 Å². The monoisotopic (exact) mass is 750 g/mol. The predicted molar refractivity (Wildman–Crippen MR) is 209 cm³/mol. The fraction of sp³-hybridized carbons (Fsp3) is 0.553. The summed E-state index contributed by atoms with van der Waals surface area (Å²) in [5, 5.41) is 10.7.